The lowest BCUT2D eigenvalue weighted by Gasteiger charge is -2.13. The van der Waals surface area contributed by atoms with Crippen LogP contribution in [0.2, 0.25) is 5.02 Å². The van der Waals surface area contributed by atoms with E-state index in [1.54, 1.807) is 6.07 Å². The van der Waals surface area contributed by atoms with E-state index in [-0.39, 0.29) is 0 Å². The Labute approximate surface area is 128 Å². The smallest absolute Gasteiger partial charge is 0.205 e. The van der Waals surface area contributed by atoms with Crippen molar-refractivity contribution in [2.75, 3.05) is 17.9 Å². The first-order chi connectivity index (χ1) is 9.15. The maximum atomic E-state index is 5.92. The number of benzene rings is 1. The Morgan fingerprint density at radius 3 is 2.68 bits per heavy atom. The lowest BCUT2D eigenvalue weighted by Crippen LogP contribution is -2.11. The number of hydrogen-bond acceptors (Lipinski definition) is 6. The molecule has 1 aromatic heterocycles. The zero-order valence-corrected chi connectivity index (χ0v) is 12.9. The van der Waals surface area contributed by atoms with Gasteiger partial charge in [0.15, 0.2) is 11.6 Å². The van der Waals surface area contributed by atoms with Crippen LogP contribution in [0.5, 0.6) is 5.75 Å². The number of nitrogens with zero attached hydrogens (tertiary/aromatic N) is 2. The number of aromatic nitrogens is 2. The van der Waals surface area contributed by atoms with Crippen LogP contribution in [0.25, 0.3) is 0 Å². The first-order valence-electron chi connectivity index (χ1n) is 5.23. The molecule has 0 fully saturated rings. The molecular weight excluding hydrogens is 381 g/mol. The minimum atomic E-state index is 0.406. The zero-order chi connectivity index (χ0) is 13.8. The Morgan fingerprint density at radius 1 is 1.32 bits per heavy atom. The fourth-order valence-electron chi connectivity index (χ4n) is 1.48. The topological polar surface area (TPSA) is 85.1 Å². The van der Waals surface area contributed by atoms with Crippen LogP contribution < -0.4 is 21.3 Å². The number of nitrogens with one attached hydrogen (secondary N) is 2. The van der Waals surface area contributed by atoms with Gasteiger partial charge in [-0.3, -0.25) is 0 Å². The molecule has 6 nitrogen and oxygen atoms in total. The van der Waals surface area contributed by atoms with E-state index in [1.807, 2.05) is 12.1 Å². The Kier molecular flexibility index (Phi) is 4.61. The summed E-state index contributed by atoms with van der Waals surface area (Å²) < 4.78 is 6.21. The SMILES string of the molecule is COc1c(NN)ncnc1Nc1ccc(Cl)cc1I. The molecular formula is C11H11ClIN5O. The first kappa shape index (κ1) is 14.1. The van der Waals surface area contributed by atoms with Gasteiger partial charge in [-0.05, 0) is 40.8 Å². The van der Waals surface area contributed by atoms with Crippen molar-refractivity contribution in [1.82, 2.24) is 9.97 Å². The Hall–Kier alpha value is -1.32. The van der Waals surface area contributed by atoms with Crippen LogP contribution in [0, 0.1) is 3.57 Å². The van der Waals surface area contributed by atoms with Crippen molar-refractivity contribution in [2.45, 2.75) is 0 Å². The number of rotatable bonds is 4. The predicted molar refractivity (Wildman–Crippen MR) is 83.8 cm³/mol. The maximum absolute atomic E-state index is 5.92. The van der Waals surface area contributed by atoms with Crippen LogP contribution in [0.4, 0.5) is 17.3 Å². The van der Waals surface area contributed by atoms with Gasteiger partial charge in [-0.1, -0.05) is 11.6 Å². The second-order valence-electron chi connectivity index (χ2n) is 3.50. The summed E-state index contributed by atoms with van der Waals surface area (Å²) in [6, 6.07) is 5.50. The van der Waals surface area contributed by atoms with Crippen molar-refractivity contribution in [3.63, 3.8) is 0 Å². The van der Waals surface area contributed by atoms with E-state index in [9.17, 15) is 0 Å². The monoisotopic (exact) mass is 391 g/mol. The lowest BCUT2D eigenvalue weighted by molar-refractivity contribution is 0.415. The second kappa shape index (κ2) is 6.22. The van der Waals surface area contributed by atoms with Crippen LogP contribution in [-0.2, 0) is 0 Å². The quantitative estimate of drug-likeness (QED) is 0.422. The van der Waals surface area contributed by atoms with Crippen LogP contribution in [0.3, 0.4) is 0 Å². The molecule has 1 aromatic carbocycles. The number of anilines is 3. The summed E-state index contributed by atoms with van der Waals surface area (Å²) in [4.78, 5) is 8.11. The first-order valence-corrected chi connectivity index (χ1v) is 6.69. The van der Waals surface area contributed by atoms with Gasteiger partial charge in [0.25, 0.3) is 0 Å². The third-order valence-corrected chi connectivity index (χ3v) is 3.46. The highest BCUT2D eigenvalue weighted by atomic mass is 127. The summed E-state index contributed by atoms with van der Waals surface area (Å²) in [5.41, 5.74) is 3.32. The van der Waals surface area contributed by atoms with Gasteiger partial charge in [0.1, 0.15) is 6.33 Å². The molecule has 0 amide bonds. The summed E-state index contributed by atoms with van der Waals surface area (Å²) in [5.74, 6) is 6.74. The average molecular weight is 392 g/mol. The van der Waals surface area contributed by atoms with Gasteiger partial charge in [-0.25, -0.2) is 15.8 Å². The number of halogens is 2. The molecule has 0 saturated heterocycles. The number of nitrogen functional groups attached to an aromatic ring is 1. The molecule has 19 heavy (non-hydrogen) atoms. The van der Waals surface area contributed by atoms with Crippen molar-refractivity contribution in [3.8, 4) is 5.75 Å². The minimum absolute atomic E-state index is 0.406. The summed E-state index contributed by atoms with van der Waals surface area (Å²) in [5, 5.41) is 3.83. The standard InChI is InChI=1S/C11H11ClIN5O/c1-19-9-10(15-5-16-11(9)18-14)17-8-3-2-6(12)4-7(8)13/h2-5H,14H2,1H3,(H2,15,16,17,18). The number of nitrogens with two attached hydrogens (primary N) is 1. The molecule has 8 heteroatoms. The molecule has 4 N–H and O–H groups in total. The van der Waals surface area contributed by atoms with Gasteiger partial charge in [0, 0.05) is 8.59 Å². The van der Waals surface area contributed by atoms with Gasteiger partial charge < -0.3 is 15.5 Å². The van der Waals surface area contributed by atoms with E-state index < -0.39 is 0 Å². The third-order valence-electron chi connectivity index (χ3n) is 2.33. The van der Waals surface area contributed by atoms with E-state index in [0.29, 0.717) is 22.4 Å². The third kappa shape index (κ3) is 3.17. The van der Waals surface area contributed by atoms with Crippen LogP contribution in [-0.4, -0.2) is 17.1 Å². The molecule has 0 bridgehead atoms. The van der Waals surface area contributed by atoms with Gasteiger partial charge >= 0.3 is 0 Å². The lowest BCUT2D eigenvalue weighted by atomic mass is 10.3. The van der Waals surface area contributed by atoms with E-state index in [1.165, 1.54) is 13.4 Å². The summed E-state index contributed by atoms with van der Waals surface area (Å²) in [6.45, 7) is 0. The summed E-state index contributed by atoms with van der Waals surface area (Å²) in [7, 11) is 1.53. The highest BCUT2D eigenvalue weighted by Gasteiger charge is 2.12. The van der Waals surface area contributed by atoms with Crippen molar-refractivity contribution in [2.24, 2.45) is 5.84 Å². The van der Waals surface area contributed by atoms with Gasteiger partial charge in [0.05, 0.1) is 12.8 Å². The maximum Gasteiger partial charge on any atom is 0.205 e. The number of methoxy groups -OCH3 is 1. The fourth-order valence-corrected chi connectivity index (χ4v) is 2.48. The largest absolute Gasteiger partial charge is 0.490 e. The molecule has 0 spiro atoms. The average Bonchev–Trinajstić information content (AvgIpc) is 2.41. The molecule has 0 aliphatic rings. The van der Waals surface area contributed by atoms with Crippen molar-refractivity contribution >= 4 is 51.5 Å². The molecule has 100 valence electrons. The summed E-state index contributed by atoms with van der Waals surface area (Å²) in [6.07, 6.45) is 1.39. The number of hydrazine groups is 1. The summed E-state index contributed by atoms with van der Waals surface area (Å²) >= 11 is 8.10. The van der Waals surface area contributed by atoms with Gasteiger partial charge in [0.2, 0.25) is 5.75 Å². The Morgan fingerprint density at radius 2 is 2.05 bits per heavy atom. The van der Waals surface area contributed by atoms with Crippen LogP contribution in [0.1, 0.15) is 0 Å². The van der Waals surface area contributed by atoms with E-state index in [2.05, 4.69) is 43.3 Å². The molecule has 1 heterocycles. The number of ether oxygens (including phenoxy) is 1. The van der Waals surface area contributed by atoms with Crippen LogP contribution >= 0.6 is 34.2 Å². The molecule has 0 unspecified atom stereocenters. The molecule has 0 radical (unpaired) electrons. The number of hydrogen-bond donors (Lipinski definition) is 3. The predicted octanol–water partition coefficient (Wildman–Crippen LogP) is 2.77. The Balaban J connectivity index is 2.37. The molecule has 0 aliphatic heterocycles. The van der Waals surface area contributed by atoms with Crippen molar-refractivity contribution < 1.29 is 4.74 Å². The van der Waals surface area contributed by atoms with E-state index in [0.717, 1.165) is 9.26 Å². The molecule has 2 rings (SSSR count). The highest BCUT2D eigenvalue weighted by molar-refractivity contribution is 14.1. The van der Waals surface area contributed by atoms with Crippen molar-refractivity contribution in [1.29, 1.82) is 0 Å². The Bertz CT molecular complexity index is 595. The van der Waals surface area contributed by atoms with Gasteiger partial charge in [-0.2, -0.15) is 0 Å². The fraction of sp³-hybridized carbons (Fsp3) is 0.0909. The molecule has 2 aromatic rings. The molecule has 0 saturated carbocycles. The highest BCUT2D eigenvalue weighted by Crippen LogP contribution is 2.32. The molecule has 0 atom stereocenters. The van der Waals surface area contributed by atoms with Crippen molar-refractivity contribution in [3.05, 3.63) is 33.1 Å². The van der Waals surface area contributed by atoms with E-state index in [4.69, 9.17) is 22.2 Å². The minimum Gasteiger partial charge on any atom is -0.490 e. The normalized spacial score (nSPS) is 10.1. The molecule has 0 aliphatic carbocycles. The van der Waals surface area contributed by atoms with Crippen LogP contribution in [0.15, 0.2) is 24.5 Å². The zero-order valence-electron chi connectivity index (χ0n) is 9.95. The van der Waals surface area contributed by atoms with E-state index >= 15 is 0 Å². The van der Waals surface area contributed by atoms with Gasteiger partial charge in [-0.15, -0.1) is 0 Å². The second-order valence-corrected chi connectivity index (χ2v) is 5.10.